The van der Waals surface area contributed by atoms with Crippen molar-refractivity contribution in [1.29, 1.82) is 0 Å². The van der Waals surface area contributed by atoms with Gasteiger partial charge in [-0.1, -0.05) is 12.1 Å². The van der Waals surface area contributed by atoms with Gasteiger partial charge in [0.2, 0.25) is 0 Å². The second kappa shape index (κ2) is 8.92. The molecule has 0 aliphatic heterocycles. The zero-order chi connectivity index (χ0) is 16.2. The first kappa shape index (κ1) is 19.3. The van der Waals surface area contributed by atoms with Gasteiger partial charge in [-0.05, 0) is 61.1 Å². The lowest BCUT2D eigenvalue weighted by Gasteiger charge is -2.25. The van der Waals surface area contributed by atoms with E-state index in [0.717, 1.165) is 42.6 Å². The minimum absolute atomic E-state index is 0. The van der Waals surface area contributed by atoms with Crippen molar-refractivity contribution in [3.63, 3.8) is 0 Å². The van der Waals surface area contributed by atoms with Crippen LogP contribution in [0.5, 0.6) is 5.75 Å². The summed E-state index contributed by atoms with van der Waals surface area (Å²) in [5.41, 5.74) is 1.26. The number of methoxy groups -OCH3 is 1. The van der Waals surface area contributed by atoms with Crippen LogP contribution in [0.1, 0.15) is 31.2 Å². The van der Waals surface area contributed by atoms with Gasteiger partial charge in [-0.2, -0.15) is 0 Å². The third kappa shape index (κ3) is 5.26. The number of ether oxygens (including phenoxy) is 1. The van der Waals surface area contributed by atoms with E-state index in [2.05, 4.69) is 34.4 Å². The third-order valence-electron chi connectivity index (χ3n) is 5.10. The number of guanidine groups is 1. The van der Waals surface area contributed by atoms with E-state index in [0.29, 0.717) is 0 Å². The summed E-state index contributed by atoms with van der Waals surface area (Å²) in [4.78, 5) is 6.65. The highest BCUT2D eigenvalue weighted by atomic mass is 127. The van der Waals surface area contributed by atoms with E-state index in [1.54, 1.807) is 7.11 Å². The maximum atomic E-state index is 5.21. The number of hydrogen-bond donors (Lipinski definition) is 1. The molecule has 3 rings (SSSR count). The Kier molecular flexibility index (Phi) is 7.19. The predicted octanol–water partition coefficient (Wildman–Crippen LogP) is 3.76. The SMILES string of the molecule is CN=C(NCC(C1CC1)C1CC1)N(C)Cc1ccc(OC)cc1.I. The average molecular weight is 443 g/mol. The number of hydrogen-bond acceptors (Lipinski definition) is 2. The standard InChI is InChI=1S/C19H29N3O.HI/c1-20-19(21-12-18(15-6-7-15)16-8-9-16)22(2)13-14-4-10-17(23-3)11-5-14;/h4-5,10-11,15-16,18H,6-9,12-13H2,1-3H3,(H,20,21);1H. The molecule has 1 aromatic carbocycles. The summed E-state index contributed by atoms with van der Waals surface area (Å²) < 4.78 is 5.21. The number of benzene rings is 1. The van der Waals surface area contributed by atoms with Crippen LogP contribution in [0.25, 0.3) is 0 Å². The molecule has 0 unspecified atom stereocenters. The van der Waals surface area contributed by atoms with Gasteiger partial charge in [-0.15, -0.1) is 24.0 Å². The van der Waals surface area contributed by atoms with Crippen LogP contribution in [0.3, 0.4) is 0 Å². The quantitative estimate of drug-likeness (QED) is 0.396. The van der Waals surface area contributed by atoms with E-state index in [9.17, 15) is 0 Å². The Morgan fingerprint density at radius 3 is 2.25 bits per heavy atom. The number of nitrogens with one attached hydrogen (secondary N) is 1. The Balaban J connectivity index is 0.00000208. The summed E-state index contributed by atoms with van der Waals surface area (Å²) in [6.45, 7) is 1.93. The minimum Gasteiger partial charge on any atom is -0.497 e. The van der Waals surface area contributed by atoms with Gasteiger partial charge in [0, 0.05) is 27.2 Å². The molecule has 2 fully saturated rings. The molecule has 0 bridgehead atoms. The lowest BCUT2D eigenvalue weighted by molar-refractivity contribution is 0.387. The molecule has 0 atom stereocenters. The molecule has 0 amide bonds. The Morgan fingerprint density at radius 2 is 1.79 bits per heavy atom. The van der Waals surface area contributed by atoms with Crippen LogP contribution in [0.4, 0.5) is 0 Å². The van der Waals surface area contributed by atoms with Gasteiger partial charge in [0.15, 0.2) is 5.96 Å². The van der Waals surface area contributed by atoms with Gasteiger partial charge in [-0.3, -0.25) is 4.99 Å². The fourth-order valence-electron chi connectivity index (χ4n) is 3.44. The fraction of sp³-hybridized carbons (Fsp3) is 0.632. The van der Waals surface area contributed by atoms with Gasteiger partial charge in [0.05, 0.1) is 7.11 Å². The molecular formula is C19H30IN3O. The highest BCUT2D eigenvalue weighted by Gasteiger charge is 2.41. The first-order chi connectivity index (χ1) is 11.2. The minimum atomic E-state index is 0. The van der Waals surface area contributed by atoms with E-state index in [1.165, 1.54) is 31.2 Å². The van der Waals surface area contributed by atoms with Gasteiger partial charge >= 0.3 is 0 Å². The highest BCUT2D eigenvalue weighted by molar-refractivity contribution is 14.0. The summed E-state index contributed by atoms with van der Waals surface area (Å²) >= 11 is 0. The van der Waals surface area contributed by atoms with Crippen molar-refractivity contribution in [3.8, 4) is 5.75 Å². The lowest BCUT2D eigenvalue weighted by Crippen LogP contribution is -2.41. The molecule has 2 saturated carbocycles. The zero-order valence-electron chi connectivity index (χ0n) is 15.0. The van der Waals surface area contributed by atoms with Crippen molar-refractivity contribution in [2.75, 3.05) is 27.7 Å². The Hall–Kier alpha value is -0.980. The summed E-state index contributed by atoms with van der Waals surface area (Å²) in [5.74, 6) is 4.70. The molecule has 0 saturated heterocycles. The lowest BCUT2D eigenvalue weighted by atomic mass is 9.98. The first-order valence-electron chi connectivity index (χ1n) is 8.76. The van der Waals surface area contributed by atoms with E-state index in [4.69, 9.17) is 4.74 Å². The largest absolute Gasteiger partial charge is 0.497 e. The van der Waals surface area contributed by atoms with Crippen molar-refractivity contribution < 1.29 is 4.74 Å². The van der Waals surface area contributed by atoms with Crippen LogP contribution >= 0.6 is 24.0 Å². The highest BCUT2D eigenvalue weighted by Crippen LogP contribution is 2.48. The second-order valence-corrected chi connectivity index (χ2v) is 6.97. The number of nitrogens with zero attached hydrogens (tertiary/aromatic N) is 2. The van der Waals surface area contributed by atoms with Crippen molar-refractivity contribution in [2.24, 2.45) is 22.7 Å². The monoisotopic (exact) mass is 443 g/mol. The molecule has 24 heavy (non-hydrogen) atoms. The van der Waals surface area contributed by atoms with Gasteiger partial charge in [0.25, 0.3) is 0 Å². The van der Waals surface area contributed by atoms with Crippen molar-refractivity contribution in [1.82, 2.24) is 10.2 Å². The summed E-state index contributed by atoms with van der Waals surface area (Å²) in [7, 11) is 5.67. The van der Waals surface area contributed by atoms with E-state index >= 15 is 0 Å². The van der Waals surface area contributed by atoms with Gasteiger partial charge in [-0.25, -0.2) is 0 Å². The van der Waals surface area contributed by atoms with E-state index < -0.39 is 0 Å². The molecule has 2 aliphatic carbocycles. The van der Waals surface area contributed by atoms with Crippen LogP contribution in [0.15, 0.2) is 29.3 Å². The van der Waals surface area contributed by atoms with Crippen molar-refractivity contribution in [2.45, 2.75) is 32.2 Å². The molecule has 2 aliphatic rings. The molecule has 0 aromatic heterocycles. The van der Waals surface area contributed by atoms with E-state index in [1.807, 2.05) is 19.2 Å². The summed E-state index contributed by atoms with van der Waals surface area (Å²) in [6, 6.07) is 8.24. The summed E-state index contributed by atoms with van der Waals surface area (Å²) in [6.07, 6.45) is 5.73. The fourth-order valence-corrected chi connectivity index (χ4v) is 3.44. The Labute approximate surface area is 163 Å². The third-order valence-corrected chi connectivity index (χ3v) is 5.10. The van der Waals surface area contributed by atoms with Crippen molar-refractivity contribution in [3.05, 3.63) is 29.8 Å². The molecule has 134 valence electrons. The smallest absolute Gasteiger partial charge is 0.193 e. The zero-order valence-corrected chi connectivity index (χ0v) is 17.3. The van der Waals surface area contributed by atoms with Gasteiger partial charge < -0.3 is 15.0 Å². The molecule has 0 spiro atoms. The Bertz CT molecular complexity index is 526. The maximum Gasteiger partial charge on any atom is 0.193 e. The van der Waals surface area contributed by atoms with Crippen LogP contribution in [0.2, 0.25) is 0 Å². The van der Waals surface area contributed by atoms with Crippen molar-refractivity contribution >= 4 is 29.9 Å². The van der Waals surface area contributed by atoms with Crippen LogP contribution in [-0.4, -0.2) is 38.6 Å². The molecule has 0 heterocycles. The first-order valence-corrected chi connectivity index (χ1v) is 8.76. The second-order valence-electron chi connectivity index (χ2n) is 6.97. The molecule has 4 nitrogen and oxygen atoms in total. The average Bonchev–Trinajstić information content (AvgIpc) is 3.46. The van der Waals surface area contributed by atoms with E-state index in [-0.39, 0.29) is 24.0 Å². The normalized spacial score (nSPS) is 17.4. The number of aliphatic imine (C=N–C) groups is 1. The number of rotatable bonds is 7. The molecule has 0 radical (unpaired) electrons. The maximum absolute atomic E-state index is 5.21. The number of halogens is 1. The molecule has 5 heteroatoms. The Morgan fingerprint density at radius 1 is 1.21 bits per heavy atom. The van der Waals surface area contributed by atoms with Crippen LogP contribution < -0.4 is 10.1 Å². The predicted molar refractivity (Wildman–Crippen MR) is 110 cm³/mol. The van der Waals surface area contributed by atoms with Crippen LogP contribution in [-0.2, 0) is 6.54 Å². The van der Waals surface area contributed by atoms with Gasteiger partial charge in [0.1, 0.15) is 5.75 Å². The summed E-state index contributed by atoms with van der Waals surface area (Å²) in [5, 5.41) is 3.61. The molecule has 1 aromatic rings. The molecular weight excluding hydrogens is 413 g/mol. The molecule has 1 N–H and O–H groups in total. The topological polar surface area (TPSA) is 36.9 Å². The van der Waals surface area contributed by atoms with Crippen LogP contribution in [0, 0.1) is 17.8 Å².